The average Bonchev–Trinajstić information content (AvgIpc) is 2.91. The van der Waals surface area contributed by atoms with E-state index in [4.69, 9.17) is 9.15 Å². The molecule has 0 atom stereocenters. The second-order valence-corrected chi connectivity index (χ2v) is 6.10. The average molecular weight is 288 g/mol. The number of oxazole rings is 1. The van der Waals surface area contributed by atoms with Crippen LogP contribution < -0.4 is 10.1 Å². The second kappa shape index (κ2) is 6.76. The lowest BCUT2D eigenvalue weighted by molar-refractivity contribution is 0.317. The fourth-order valence-electron chi connectivity index (χ4n) is 1.83. The van der Waals surface area contributed by atoms with Crippen LogP contribution in [0.15, 0.2) is 34.9 Å². The molecule has 0 aliphatic rings. The van der Waals surface area contributed by atoms with Crippen LogP contribution in [0.3, 0.4) is 0 Å². The van der Waals surface area contributed by atoms with E-state index in [2.05, 4.69) is 38.0 Å². The number of nitrogens with zero attached hydrogens (tertiary/aromatic N) is 1. The highest BCUT2D eigenvalue weighted by Crippen LogP contribution is 2.24. The standard InChI is InChI=1S/C17H24N2O2/c1-5-9-20-14-8-6-7-13(10-14)15-11-18-16(21-15)12-19-17(2,3)4/h6-8,10-11,19H,5,9,12H2,1-4H3. The zero-order chi connectivity index (χ0) is 15.3. The number of benzene rings is 1. The van der Waals surface area contributed by atoms with Crippen molar-refractivity contribution in [1.29, 1.82) is 0 Å². The minimum atomic E-state index is 0.0442. The third kappa shape index (κ3) is 4.90. The maximum Gasteiger partial charge on any atom is 0.208 e. The minimum absolute atomic E-state index is 0.0442. The lowest BCUT2D eigenvalue weighted by Crippen LogP contribution is -2.35. The number of hydrogen-bond donors (Lipinski definition) is 1. The van der Waals surface area contributed by atoms with Gasteiger partial charge in [0.05, 0.1) is 19.3 Å². The molecule has 0 saturated carbocycles. The molecule has 0 fully saturated rings. The first-order valence-electron chi connectivity index (χ1n) is 7.41. The Morgan fingerprint density at radius 1 is 1.29 bits per heavy atom. The number of hydrogen-bond acceptors (Lipinski definition) is 4. The van der Waals surface area contributed by atoms with Crippen LogP contribution in [0.2, 0.25) is 0 Å². The maximum atomic E-state index is 5.80. The first-order valence-corrected chi connectivity index (χ1v) is 7.41. The topological polar surface area (TPSA) is 47.3 Å². The van der Waals surface area contributed by atoms with Gasteiger partial charge in [-0.05, 0) is 39.3 Å². The van der Waals surface area contributed by atoms with E-state index in [0.29, 0.717) is 12.4 Å². The summed E-state index contributed by atoms with van der Waals surface area (Å²) in [7, 11) is 0. The summed E-state index contributed by atoms with van der Waals surface area (Å²) in [6.45, 7) is 9.78. The number of nitrogens with one attached hydrogen (secondary N) is 1. The van der Waals surface area contributed by atoms with E-state index in [1.165, 1.54) is 0 Å². The van der Waals surface area contributed by atoms with E-state index in [1.54, 1.807) is 6.20 Å². The largest absolute Gasteiger partial charge is 0.494 e. The molecule has 0 aliphatic heterocycles. The summed E-state index contributed by atoms with van der Waals surface area (Å²) in [5.41, 5.74) is 1.03. The fourth-order valence-corrected chi connectivity index (χ4v) is 1.83. The van der Waals surface area contributed by atoms with Gasteiger partial charge in [0, 0.05) is 11.1 Å². The van der Waals surface area contributed by atoms with Crippen molar-refractivity contribution in [2.45, 2.75) is 46.2 Å². The van der Waals surface area contributed by atoms with E-state index in [9.17, 15) is 0 Å². The molecule has 0 unspecified atom stereocenters. The molecule has 1 N–H and O–H groups in total. The van der Waals surface area contributed by atoms with Gasteiger partial charge in [-0.3, -0.25) is 0 Å². The SMILES string of the molecule is CCCOc1cccc(-c2cnc(CNC(C)(C)C)o2)c1. The van der Waals surface area contributed by atoms with E-state index >= 15 is 0 Å². The van der Waals surface area contributed by atoms with Crippen molar-refractivity contribution in [2.24, 2.45) is 0 Å². The molecule has 0 saturated heterocycles. The molecule has 1 aromatic carbocycles. The molecular weight excluding hydrogens is 264 g/mol. The second-order valence-electron chi connectivity index (χ2n) is 6.10. The smallest absolute Gasteiger partial charge is 0.208 e. The molecule has 21 heavy (non-hydrogen) atoms. The maximum absolute atomic E-state index is 5.80. The zero-order valence-electron chi connectivity index (χ0n) is 13.3. The first-order chi connectivity index (χ1) is 9.98. The van der Waals surface area contributed by atoms with Gasteiger partial charge in [-0.2, -0.15) is 0 Å². The highest BCUT2D eigenvalue weighted by molar-refractivity contribution is 5.58. The van der Waals surface area contributed by atoms with Crippen molar-refractivity contribution in [3.63, 3.8) is 0 Å². The molecule has 114 valence electrons. The van der Waals surface area contributed by atoms with Gasteiger partial charge < -0.3 is 14.5 Å². The normalized spacial score (nSPS) is 11.6. The number of aromatic nitrogens is 1. The molecule has 2 aromatic rings. The molecule has 0 amide bonds. The van der Waals surface area contributed by atoms with Gasteiger partial charge in [-0.15, -0.1) is 0 Å². The quantitative estimate of drug-likeness (QED) is 0.872. The van der Waals surface area contributed by atoms with E-state index < -0.39 is 0 Å². The Morgan fingerprint density at radius 3 is 2.81 bits per heavy atom. The Bertz CT molecular complexity index is 570. The summed E-state index contributed by atoms with van der Waals surface area (Å²) in [5, 5.41) is 3.36. The van der Waals surface area contributed by atoms with E-state index in [1.807, 2.05) is 24.3 Å². The molecular formula is C17H24N2O2. The Morgan fingerprint density at radius 2 is 2.10 bits per heavy atom. The van der Waals surface area contributed by atoms with Crippen LogP contribution in [0, 0.1) is 0 Å². The van der Waals surface area contributed by atoms with Gasteiger partial charge in [0.25, 0.3) is 0 Å². The van der Waals surface area contributed by atoms with Gasteiger partial charge in [-0.25, -0.2) is 4.98 Å². The lowest BCUT2D eigenvalue weighted by Gasteiger charge is -2.18. The Labute approximate surface area is 126 Å². The number of ether oxygens (including phenoxy) is 1. The van der Waals surface area contributed by atoms with E-state index in [-0.39, 0.29) is 5.54 Å². The number of rotatable bonds is 6. The summed E-state index contributed by atoms with van der Waals surface area (Å²) in [6, 6.07) is 7.91. The first kappa shape index (κ1) is 15.6. The van der Waals surface area contributed by atoms with Crippen LogP contribution in [-0.2, 0) is 6.54 Å². The third-order valence-electron chi connectivity index (χ3n) is 2.91. The molecule has 4 heteroatoms. The predicted molar refractivity (Wildman–Crippen MR) is 84.3 cm³/mol. The summed E-state index contributed by atoms with van der Waals surface area (Å²) >= 11 is 0. The highest BCUT2D eigenvalue weighted by Gasteiger charge is 2.12. The molecule has 0 spiro atoms. The van der Waals surface area contributed by atoms with Crippen LogP contribution >= 0.6 is 0 Å². The Kier molecular flexibility index (Phi) is 5.02. The predicted octanol–water partition coefficient (Wildman–Crippen LogP) is 4.02. The van der Waals surface area contributed by atoms with Gasteiger partial charge in [0.15, 0.2) is 5.76 Å². The van der Waals surface area contributed by atoms with Crippen molar-refractivity contribution < 1.29 is 9.15 Å². The van der Waals surface area contributed by atoms with Crippen molar-refractivity contribution in [2.75, 3.05) is 6.61 Å². The summed E-state index contributed by atoms with van der Waals surface area (Å²) in [6.07, 6.45) is 2.76. The van der Waals surface area contributed by atoms with Crippen LogP contribution in [0.5, 0.6) is 5.75 Å². The van der Waals surface area contributed by atoms with Gasteiger partial charge >= 0.3 is 0 Å². The van der Waals surface area contributed by atoms with Gasteiger partial charge in [0.1, 0.15) is 5.75 Å². The van der Waals surface area contributed by atoms with Crippen LogP contribution in [0.1, 0.15) is 40.0 Å². The highest BCUT2D eigenvalue weighted by atomic mass is 16.5. The Hall–Kier alpha value is -1.81. The molecule has 2 rings (SSSR count). The van der Waals surface area contributed by atoms with Crippen LogP contribution in [0.4, 0.5) is 0 Å². The van der Waals surface area contributed by atoms with Gasteiger partial charge in [0.2, 0.25) is 5.89 Å². The van der Waals surface area contributed by atoms with Crippen molar-refractivity contribution in [3.05, 3.63) is 36.4 Å². The molecule has 0 bridgehead atoms. The van der Waals surface area contributed by atoms with Crippen molar-refractivity contribution >= 4 is 0 Å². The fraction of sp³-hybridized carbons (Fsp3) is 0.471. The molecule has 0 aliphatic carbocycles. The molecule has 1 aromatic heterocycles. The Balaban J connectivity index is 2.06. The van der Waals surface area contributed by atoms with Gasteiger partial charge in [-0.1, -0.05) is 19.1 Å². The monoisotopic (exact) mass is 288 g/mol. The zero-order valence-corrected chi connectivity index (χ0v) is 13.3. The van der Waals surface area contributed by atoms with Crippen LogP contribution in [-0.4, -0.2) is 17.1 Å². The summed E-state index contributed by atoms with van der Waals surface area (Å²) in [5.74, 6) is 2.32. The van der Waals surface area contributed by atoms with E-state index in [0.717, 1.165) is 30.1 Å². The minimum Gasteiger partial charge on any atom is -0.494 e. The molecule has 1 heterocycles. The van der Waals surface area contributed by atoms with Crippen molar-refractivity contribution in [3.8, 4) is 17.1 Å². The third-order valence-corrected chi connectivity index (χ3v) is 2.91. The van der Waals surface area contributed by atoms with Crippen LogP contribution in [0.25, 0.3) is 11.3 Å². The molecule has 0 radical (unpaired) electrons. The molecule has 4 nitrogen and oxygen atoms in total. The van der Waals surface area contributed by atoms with Crippen molar-refractivity contribution in [1.82, 2.24) is 10.3 Å². The summed E-state index contributed by atoms with van der Waals surface area (Å²) in [4.78, 5) is 4.32. The summed E-state index contributed by atoms with van der Waals surface area (Å²) < 4.78 is 11.4. The lowest BCUT2D eigenvalue weighted by atomic mass is 10.1.